The monoisotopic (exact) mass is 484 g/mol. The van der Waals surface area contributed by atoms with Crippen LogP contribution in [0.15, 0.2) is 27.9 Å². The van der Waals surface area contributed by atoms with Crippen molar-refractivity contribution in [2.45, 2.75) is 44.7 Å². The second kappa shape index (κ2) is 8.22. The number of nitrogens with zero attached hydrogens (tertiary/aromatic N) is 1. The third-order valence-electron chi connectivity index (χ3n) is 5.06. The standard InChI is InChI=1S/C20H20FN2O9P/c1-4-12-7-23(19(27)22-17(12)26)18-14(24)16(25)20(21,31-18)9-30-33(28)29-8-13-6-10(2)5-11(3)15(13)32-33/h1,5-7,14,16,18,24-25H,8-9H2,2-3H3,(H,22,26,27)/t14-,16+,18-,20-,33?/m1/s1/i9D2. The van der Waals surface area contributed by atoms with Gasteiger partial charge >= 0.3 is 13.5 Å². The maximum atomic E-state index is 15.8. The molecule has 4 rings (SSSR count). The van der Waals surface area contributed by atoms with E-state index in [2.05, 4.69) is 0 Å². The number of benzene rings is 1. The molecule has 0 bridgehead atoms. The smallest absolute Gasteiger partial charge is 0.403 e. The second-order valence-electron chi connectivity index (χ2n) is 7.52. The van der Waals surface area contributed by atoms with Crippen LogP contribution in [0.3, 0.4) is 0 Å². The predicted octanol–water partition coefficient (Wildman–Crippen LogP) is 0.785. The topological polar surface area (TPSA) is 149 Å². The number of aliphatic hydroxyl groups is 2. The number of rotatable bonds is 4. The Morgan fingerprint density at radius 2 is 2.18 bits per heavy atom. The number of ether oxygens (including phenoxy) is 1. The van der Waals surface area contributed by atoms with Gasteiger partial charge in [0.15, 0.2) is 6.23 Å². The van der Waals surface area contributed by atoms with Crippen molar-refractivity contribution in [3.05, 3.63) is 61.4 Å². The number of phosphoric acid groups is 1. The molecule has 0 saturated carbocycles. The Kier molecular flexibility index (Phi) is 5.18. The summed E-state index contributed by atoms with van der Waals surface area (Å²) in [6.45, 7) is -0.594. The Hall–Kier alpha value is -2.78. The van der Waals surface area contributed by atoms with E-state index in [4.69, 9.17) is 27.5 Å². The van der Waals surface area contributed by atoms with E-state index in [9.17, 15) is 24.4 Å². The summed E-state index contributed by atoms with van der Waals surface area (Å²) in [5.74, 6) is -1.81. The van der Waals surface area contributed by atoms with Gasteiger partial charge in [-0.25, -0.2) is 13.8 Å². The number of phosphoric ester groups is 1. The van der Waals surface area contributed by atoms with Crippen molar-refractivity contribution in [1.82, 2.24) is 9.55 Å². The largest absolute Gasteiger partial charge is 0.530 e. The van der Waals surface area contributed by atoms with Gasteiger partial charge in [-0.3, -0.25) is 23.4 Å². The molecular weight excluding hydrogens is 462 g/mol. The van der Waals surface area contributed by atoms with Gasteiger partial charge < -0.3 is 19.5 Å². The molecule has 0 amide bonds. The van der Waals surface area contributed by atoms with Crippen molar-refractivity contribution >= 4 is 7.82 Å². The van der Waals surface area contributed by atoms with Crippen LogP contribution >= 0.6 is 7.82 Å². The van der Waals surface area contributed by atoms with E-state index in [-0.39, 0.29) is 17.9 Å². The summed E-state index contributed by atoms with van der Waals surface area (Å²) < 4.78 is 65.5. The lowest BCUT2D eigenvalue weighted by atomic mass is 10.1. The van der Waals surface area contributed by atoms with Gasteiger partial charge in [0.2, 0.25) is 0 Å². The van der Waals surface area contributed by atoms with Crippen LogP contribution in [-0.4, -0.2) is 44.4 Å². The highest BCUT2D eigenvalue weighted by Crippen LogP contribution is 2.56. The van der Waals surface area contributed by atoms with E-state index in [1.54, 1.807) is 19.1 Å². The first-order chi connectivity index (χ1) is 16.2. The van der Waals surface area contributed by atoms with Crippen LogP contribution in [0.1, 0.15) is 31.2 Å². The summed E-state index contributed by atoms with van der Waals surface area (Å²) in [6.07, 6.45) is -1.00. The first-order valence-corrected chi connectivity index (χ1v) is 11.0. The van der Waals surface area contributed by atoms with Crippen molar-refractivity contribution in [3.63, 3.8) is 0 Å². The zero-order valence-corrected chi connectivity index (χ0v) is 18.2. The summed E-state index contributed by atoms with van der Waals surface area (Å²) in [5, 5.41) is 20.7. The number of aromatic amines is 1. The highest BCUT2D eigenvalue weighted by molar-refractivity contribution is 7.49. The minimum Gasteiger partial charge on any atom is -0.403 e. The van der Waals surface area contributed by atoms with Gasteiger partial charge in [-0.15, -0.1) is 6.42 Å². The highest BCUT2D eigenvalue weighted by Gasteiger charge is 2.57. The van der Waals surface area contributed by atoms with Crippen molar-refractivity contribution in [2.24, 2.45) is 0 Å². The van der Waals surface area contributed by atoms with Gasteiger partial charge in [-0.1, -0.05) is 23.6 Å². The number of hydrogen-bond donors (Lipinski definition) is 3. The van der Waals surface area contributed by atoms with Crippen LogP contribution in [0.25, 0.3) is 0 Å². The first-order valence-electron chi connectivity index (χ1n) is 10.5. The number of nitrogens with one attached hydrogen (secondary N) is 1. The number of fused-ring (bicyclic) bond motifs is 1. The zero-order valence-electron chi connectivity index (χ0n) is 19.3. The summed E-state index contributed by atoms with van der Waals surface area (Å²) in [7, 11) is -4.80. The number of H-pyrrole nitrogens is 1. The summed E-state index contributed by atoms with van der Waals surface area (Å²) >= 11 is 0. The van der Waals surface area contributed by atoms with Gasteiger partial charge in [0.05, 0.1) is 9.35 Å². The molecule has 1 aromatic carbocycles. The van der Waals surface area contributed by atoms with Crippen LogP contribution in [0.5, 0.6) is 5.75 Å². The molecule has 1 aromatic heterocycles. The fourth-order valence-electron chi connectivity index (χ4n) is 3.50. The Morgan fingerprint density at radius 1 is 1.45 bits per heavy atom. The van der Waals surface area contributed by atoms with Crippen LogP contribution in [0.4, 0.5) is 4.39 Å². The summed E-state index contributed by atoms with van der Waals surface area (Å²) in [4.78, 5) is 25.7. The molecule has 1 saturated heterocycles. The van der Waals surface area contributed by atoms with Gasteiger partial charge in [0, 0.05) is 11.8 Å². The molecule has 1 unspecified atom stereocenters. The van der Waals surface area contributed by atoms with Gasteiger partial charge in [-0.2, -0.15) is 0 Å². The number of aliphatic hydroxyl groups excluding tert-OH is 2. The Labute approximate surface area is 189 Å². The number of terminal acetylenes is 1. The Bertz CT molecular complexity index is 1400. The number of aromatic nitrogens is 2. The molecule has 11 nitrogen and oxygen atoms in total. The molecule has 2 aliphatic rings. The number of aryl methyl sites for hydroxylation is 2. The van der Waals surface area contributed by atoms with E-state index in [1.165, 1.54) is 0 Å². The molecule has 13 heteroatoms. The highest BCUT2D eigenvalue weighted by atomic mass is 31.2. The molecule has 5 atom stereocenters. The fourth-order valence-corrected chi connectivity index (χ4v) is 4.66. The van der Waals surface area contributed by atoms with Crippen LogP contribution < -0.4 is 15.8 Å². The first kappa shape index (κ1) is 20.8. The number of halogens is 1. The lowest BCUT2D eigenvalue weighted by molar-refractivity contribution is -0.205. The molecule has 2 aromatic rings. The molecule has 33 heavy (non-hydrogen) atoms. The molecule has 0 aliphatic carbocycles. The molecule has 2 aliphatic heterocycles. The van der Waals surface area contributed by atoms with Crippen LogP contribution in [-0.2, 0) is 25.0 Å². The molecule has 3 heterocycles. The van der Waals surface area contributed by atoms with Crippen LogP contribution in [0.2, 0.25) is 0 Å². The normalized spacial score (nSPS) is 32.3. The molecule has 0 radical (unpaired) electrons. The SMILES string of the molecule is [2H]C([2H])(OP1(=O)OCc2cc(C)cc(C)c2O1)[C@@]1(F)O[C@@H](n2cc(C#C)c(=O)[nH]c2=O)[C@H](O)[C@@H]1O. The van der Waals surface area contributed by atoms with Crippen LogP contribution in [0, 0.1) is 26.2 Å². The molecule has 0 spiro atoms. The van der Waals surface area contributed by atoms with E-state index in [0.29, 0.717) is 15.7 Å². The Balaban J connectivity index is 1.65. The quantitative estimate of drug-likeness (QED) is 0.423. The van der Waals surface area contributed by atoms with Crippen molar-refractivity contribution < 1.29 is 40.2 Å². The van der Waals surface area contributed by atoms with Crippen molar-refractivity contribution in [3.8, 4) is 18.1 Å². The van der Waals surface area contributed by atoms with Crippen molar-refractivity contribution in [2.75, 3.05) is 6.56 Å². The average Bonchev–Trinajstić information content (AvgIpc) is 2.99. The molecule has 3 N–H and O–H groups in total. The Morgan fingerprint density at radius 3 is 2.88 bits per heavy atom. The molecular formula is C20H20FN2O9P. The second-order valence-corrected chi connectivity index (χ2v) is 9.04. The lowest BCUT2D eigenvalue weighted by Crippen LogP contribution is -2.43. The number of hydrogen-bond acceptors (Lipinski definition) is 9. The average molecular weight is 484 g/mol. The molecule has 1 fully saturated rings. The summed E-state index contributed by atoms with van der Waals surface area (Å²) in [6, 6.07) is 3.39. The van der Waals surface area contributed by atoms with Gasteiger partial charge in [0.1, 0.15) is 30.1 Å². The third-order valence-corrected chi connectivity index (χ3v) is 6.23. The predicted molar refractivity (Wildman–Crippen MR) is 110 cm³/mol. The minimum absolute atomic E-state index is 0.0984. The van der Waals surface area contributed by atoms with E-state index < -0.39 is 49.9 Å². The van der Waals surface area contributed by atoms with E-state index >= 15 is 4.39 Å². The maximum Gasteiger partial charge on any atom is 0.530 e. The van der Waals surface area contributed by atoms with Gasteiger partial charge in [-0.05, 0) is 19.4 Å². The van der Waals surface area contributed by atoms with E-state index in [0.717, 1.165) is 11.8 Å². The van der Waals surface area contributed by atoms with Crippen molar-refractivity contribution in [1.29, 1.82) is 0 Å². The zero-order chi connectivity index (χ0) is 25.9. The minimum atomic E-state index is -4.80. The molecule has 176 valence electrons. The fraction of sp³-hybridized carbons (Fsp3) is 0.400. The van der Waals surface area contributed by atoms with E-state index in [1.807, 2.05) is 17.8 Å². The summed E-state index contributed by atoms with van der Waals surface area (Å²) in [5.41, 5.74) is -0.618. The third kappa shape index (κ3) is 4.15. The lowest BCUT2D eigenvalue weighted by Gasteiger charge is -2.29. The number of alkyl halides is 1. The maximum absolute atomic E-state index is 15.8. The van der Waals surface area contributed by atoms with Gasteiger partial charge in [0.25, 0.3) is 11.4 Å².